The fourth-order valence-electron chi connectivity index (χ4n) is 3.84. The molecule has 4 rings (SSSR count). The van der Waals surface area contributed by atoms with Crippen LogP contribution in [-0.4, -0.2) is 69.1 Å². The molecular weight excluding hydrogens is 484 g/mol. The summed E-state index contributed by atoms with van der Waals surface area (Å²) in [5.74, 6) is -1.22. The first-order chi connectivity index (χ1) is 18.1. The van der Waals surface area contributed by atoms with Crippen LogP contribution in [0.4, 0.5) is 0 Å². The van der Waals surface area contributed by atoms with Crippen LogP contribution >= 0.6 is 0 Å². The van der Waals surface area contributed by atoms with Crippen LogP contribution in [0.15, 0.2) is 78.9 Å². The topological polar surface area (TPSA) is 118 Å². The van der Waals surface area contributed by atoms with Gasteiger partial charge in [0.25, 0.3) is 0 Å². The Bertz CT molecular complexity index is 1400. The van der Waals surface area contributed by atoms with Gasteiger partial charge in [0.15, 0.2) is 5.65 Å². The lowest BCUT2D eigenvalue weighted by Crippen LogP contribution is -2.24. The van der Waals surface area contributed by atoms with Crippen LogP contribution in [-0.2, 0) is 9.59 Å². The molecule has 1 unspecified atom stereocenters. The van der Waals surface area contributed by atoms with Gasteiger partial charge in [0.05, 0.1) is 12.3 Å². The molecule has 9 heteroatoms. The summed E-state index contributed by atoms with van der Waals surface area (Å²) in [7, 11) is 4.17. The fourth-order valence-corrected chi connectivity index (χ4v) is 3.84. The van der Waals surface area contributed by atoms with E-state index in [9.17, 15) is 9.59 Å². The Morgan fingerprint density at radius 2 is 1.68 bits per heavy atom. The molecule has 0 spiro atoms. The first kappa shape index (κ1) is 28.1. The van der Waals surface area contributed by atoms with Crippen LogP contribution in [0.1, 0.15) is 12.6 Å². The van der Waals surface area contributed by atoms with Crippen molar-refractivity contribution in [3.8, 4) is 22.7 Å². The average Bonchev–Trinajstić information content (AvgIpc) is 3.25. The van der Waals surface area contributed by atoms with E-state index in [1.165, 1.54) is 0 Å². The number of aromatic nitrogens is 3. The highest BCUT2D eigenvalue weighted by Gasteiger charge is 2.15. The van der Waals surface area contributed by atoms with E-state index in [-0.39, 0.29) is 0 Å². The maximum absolute atomic E-state index is 9.55. The maximum Gasteiger partial charge on any atom is 0.328 e. The number of fused-ring (bicyclic) bond motifs is 1. The lowest BCUT2D eigenvalue weighted by Gasteiger charge is -2.17. The smallest absolute Gasteiger partial charge is 0.328 e. The zero-order valence-corrected chi connectivity index (χ0v) is 21.9. The molecule has 2 aromatic heterocycles. The number of benzene rings is 2. The molecule has 0 saturated carbocycles. The second-order valence-electron chi connectivity index (χ2n) is 9.14. The predicted octanol–water partition coefficient (Wildman–Crippen LogP) is 4.68. The van der Waals surface area contributed by atoms with Gasteiger partial charge in [-0.1, -0.05) is 43.3 Å². The number of carboxylic acid groups (broad SMARTS) is 2. The molecule has 4 aromatic rings. The molecule has 2 aromatic carbocycles. The van der Waals surface area contributed by atoms with E-state index >= 15 is 0 Å². The first-order valence-electron chi connectivity index (χ1n) is 12.1. The molecule has 0 aliphatic carbocycles. The summed E-state index contributed by atoms with van der Waals surface area (Å²) in [6, 6.07) is 22.5. The molecule has 0 aliphatic rings. The quantitative estimate of drug-likeness (QED) is 0.308. The first-order valence-corrected chi connectivity index (χ1v) is 12.1. The molecule has 0 bridgehead atoms. The third-order valence-electron chi connectivity index (χ3n) is 5.36. The maximum atomic E-state index is 9.55. The van der Waals surface area contributed by atoms with Gasteiger partial charge in [-0.05, 0) is 45.3 Å². The predicted molar refractivity (Wildman–Crippen MR) is 147 cm³/mol. The average molecular weight is 517 g/mol. The van der Waals surface area contributed by atoms with Gasteiger partial charge < -0.3 is 19.8 Å². The fraction of sp³-hybridized carbons (Fsp3) is 0.241. The molecule has 38 heavy (non-hydrogen) atoms. The van der Waals surface area contributed by atoms with E-state index in [4.69, 9.17) is 25.0 Å². The molecule has 2 N–H and O–H groups in total. The Morgan fingerprint density at radius 1 is 1.00 bits per heavy atom. The number of rotatable bonds is 9. The molecule has 0 amide bonds. The van der Waals surface area contributed by atoms with E-state index in [1.807, 2.05) is 60.1 Å². The number of aliphatic carboxylic acids is 2. The van der Waals surface area contributed by atoms with E-state index < -0.39 is 11.9 Å². The molecule has 0 fully saturated rings. The van der Waals surface area contributed by atoms with Crippen molar-refractivity contribution in [3.63, 3.8) is 0 Å². The highest BCUT2D eigenvalue weighted by molar-refractivity contribution is 5.92. The van der Waals surface area contributed by atoms with Gasteiger partial charge in [-0.3, -0.25) is 0 Å². The van der Waals surface area contributed by atoms with Gasteiger partial charge >= 0.3 is 11.9 Å². The zero-order chi connectivity index (χ0) is 27.7. The van der Waals surface area contributed by atoms with Crippen molar-refractivity contribution in [1.29, 1.82) is 0 Å². The van der Waals surface area contributed by atoms with Gasteiger partial charge in [-0.15, -0.1) is 0 Å². The minimum Gasteiger partial charge on any atom is -0.493 e. The van der Waals surface area contributed by atoms with Crippen LogP contribution in [0.2, 0.25) is 0 Å². The van der Waals surface area contributed by atoms with Crippen LogP contribution < -0.4 is 4.74 Å². The van der Waals surface area contributed by atoms with Gasteiger partial charge in [0.2, 0.25) is 0 Å². The number of hydrogen-bond donors (Lipinski definition) is 2. The number of carbonyl (C=O) groups is 2. The molecule has 2 heterocycles. The van der Waals surface area contributed by atoms with Gasteiger partial charge in [0.1, 0.15) is 11.4 Å². The van der Waals surface area contributed by atoms with Crippen molar-refractivity contribution in [2.75, 3.05) is 27.2 Å². The molecule has 198 valence electrons. The van der Waals surface area contributed by atoms with Gasteiger partial charge in [-0.2, -0.15) is 5.10 Å². The van der Waals surface area contributed by atoms with Crippen molar-refractivity contribution < 1.29 is 24.5 Å². The number of ether oxygens (including phenoxy) is 1. The highest BCUT2D eigenvalue weighted by atomic mass is 16.5. The molecular formula is C29H32N4O5. The van der Waals surface area contributed by atoms with E-state index in [2.05, 4.69) is 44.1 Å². The van der Waals surface area contributed by atoms with Crippen molar-refractivity contribution in [3.05, 3.63) is 84.6 Å². The minimum absolute atomic E-state index is 0.447. The zero-order valence-electron chi connectivity index (χ0n) is 21.9. The van der Waals surface area contributed by atoms with Crippen LogP contribution in [0.3, 0.4) is 0 Å². The van der Waals surface area contributed by atoms with E-state index in [0.717, 1.165) is 46.0 Å². The highest BCUT2D eigenvalue weighted by Crippen LogP contribution is 2.30. The lowest BCUT2D eigenvalue weighted by molar-refractivity contribution is -0.134. The van der Waals surface area contributed by atoms with Gasteiger partial charge in [0, 0.05) is 47.3 Å². The third-order valence-corrected chi connectivity index (χ3v) is 5.36. The van der Waals surface area contributed by atoms with Crippen molar-refractivity contribution in [1.82, 2.24) is 19.7 Å². The number of aryl methyl sites for hydroxylation is 1. The summed E-state index contributed by atoms with van der Waals surface area (Å²) in [6.07, 6.45) is 1.12. The van der Waals surface area contributed by atoms with Crippen molar-refractivity contribution in [2.45, 2.75) is 13.8 Å². The number of pyridine rings is 1. The Balaban J connectivity index is 0.000000436. The Kier molecular flexibility index (Phi) is 9.72. The van der Waals surface area contributed by atoms with E-state index in [1.54, 1.807) is 0 Å². The normalized spacial score (nSPS) is 11.8. The van der Waals surface area contributed by atoms with Crippen molar-refractivity contribution in [2.24, 2.45) is 5.92 Å². The molecule has 0 aliphatic heterocycles. The third kappa shape index (κ3) is 8.01. The lowest BCUT2D eigenvalue weighted by atomic mass is 10.1. The number of nitrogens with zero attached hydrogens (tertiary/aromatic N) is 4. The summed E-state index contributed by atoms with van der Waals surface area (Å²) in [4.78, 5) is 26.1. The SMILES string of the molecule is Cc1ccc2c(-c3ccccc3)nn(-c3cccc(OCC(C)CN(C)C)c3)c2n1.O=C(O)C=CC(=O)O. The summed E-state index contributed by atoms with van der Waals surface area (Å²) in [5, 5.41) is 21.6. The summed E-state index contributed by atoms with van der Waals surface area (Å²) < 4.78 is 7.99. The molecule has 1 atom stereocenters. The minimum atomic E-state index is -1.26. The molecule has 0 radical (unpaired) electrons. The van der Waals surface area contributed by atoms with Crippen molar-refractivity contribution >= 4 is 23.0 Å². The Labute approximate surface area is 221 Å². The van der Waals surface area contributed by atoms with Crippen LogP contribution in [0.5, 0.6) is 5.75 Å². The largest absolute Gasteiger partial charge is 0.493 e. The van der Waals surface area contributed by atoms with Crippen LogP contribution in [0.25, 0.3) is 28.0 Å². The second kappa shape index (κ2) is 13.2. The summed E-state index contributed by atoms with van der Waals surface area (Å²) in [5.41, 5.74) is 4.78. The second-order valence-corrected chi connectivity index (χ2v) is 9.14. The summed E-state index contributed by atoms with van der Waals surface area (Å²) in [6.45, 7) is 5.87. The Hall–Kier alpha value is -4.50. The number of hydrogen-bond acceptors (Lipinski definition) is 6. The standard InChI is InChI=1S/C25H28N4O.C4H4O4/c1-18(16-28(3)4)17-30-22-12-8-11-21(15-22)29-25-23(14-13-19(2)26-25)24(27-29)20-9-6-5-7-10-20;5-3(6)1-2-4(7)8/h5-15,18H,16-17H2,1-4H3;1-2H,(H,5,6)(H,7,8). The monoisotopic (exact) mass is 516 g/mol. The van der Waals surface area contributed by atoms with E-state index in [0.29, 0.717) is 24.7 Å². The summed E-state index contributed by atoms with van der Waals surface area (Å²) >= 11 is 0. The number of carboxylic acids is 2. The Morgan fingerprint density at radius 3 is 2.32 bits per heavy atom. The molecule has 0 saturated heterocycles. The van der Waals surface area contributed by atoms with Crippen LogP contribution in [0, 0.1) is 12.8 Å². The molecule has 9 nitrogen and oxygen atoms in total. The van der Waals surface area contributed by atoms with Gasteiger partial charge in [-0.25, -0.2) is 19.3 Å².